The van der Waals surface area contributed by atoms with Gasteiger partial charge in [0.25, 0.3) is 5.91 Å². The summed E-state index contributed by atoms with van der Waals surface area (Å²) in [5.41, 5.74) is 2.77. The zero-order valence-electron chi connectivity index (χ0n) is 13.4. The van der Waals surface area contributed by atoms with Gasteiger partial charge in [-0.05, 0) is 30.2 Å². The molecule has 0 spiro atoms. The molecule has 1 amide bonds. The van der Waals surface area contributed by atoms with Crippen LogP contribution < -0.4 is 4.90 Å². The van der Waals surface area contributed by atoms with Gasteiger partial charge in [0.2, 0.25) is 0 Å². The summed E-state index contributed by atoms with van der Waals surface area (Å²) in [5, 5.41) is 3.83. The Balaban J connectivity index is 1.97. The molecule has 0 radical (unpaired) electrons. The minimum absolute atomic E-state index is 0.224. The van der Waals surface area contributed by atoms with Crippen LogP contribution in [0, 0.1) is 0 Å². The first kappa shape index (κ1) is 15.9. The van der Waals surface area contributed by atoms with Crippen molar-refractivity contribution in [1.29, 1.82) is 0 Å². The molecule has 122 valence electrons. The fourth-order valence-electron chi connectivity index (χ4n) is 2.63. The molecular weight excluding hydrogens is 304 g/mol. The second-order valence-corrected chi connectivity index (χ2v) is 5.53. The number of hydrogen-bond acceptors (Lipinski definition) is 4. The highest BCUT2D eigenvalue weighted by molar-refractivity contribution is 6.47. The van der Waals surface area contributed by atoms with E-state index in [0.29, 0.717) is 12.8 Å². The summed E-state index contributed by atoms with van der Waals surface area (Å²) in [5.74, 6) is -0.702. The molecule has 0 unspecified atom stereocenters. The monoisotopic (exact) mass is 322 g/mol. The summed E-state index contributed by atoms with van der Waals surface area (Å²) in [6.45, 7) is 1.88. The maximum absolute atomic E-state index is 12.9. The van der Waals surface area contributed by atoms with Gasteiger partial charge in [-0.25, -0.2) is 4.79 Å². The third-order valence-corrected chi connectivity index (χ3v) is 3.77. The average molecular weight is 322 g/mol. The van der Waals surface area contributed by atoms with Crippen molar-refractivity contribution in [2.24, 2.45) is 5.16 Å². The van der Waals surface area contributed by atoms with Gasteiger partial charge < -0.3 is 4.84 Å². The molecule has 0 bridgehead atoms. The third-order valence-electron chi connectivity index (χ3n) is 3.77. The van der Waals surface area contributed by atoms with Crippen LogP contribution in [0.5, 0.6) is 0 Å². The highest BCUT2D eigenvalue weighted by Crippen LogP contribution is 2.33. The molecule has 0 saturated carbocycles. The smallest absolute Gasteiger partial charge is 0.318 e. The fourth-order valence-corrected chi connectivity index (χ4v) is 2.63. The molecule has 1 aliphatic heterocycles. The predicted molar refractivity (Wildman–Crippen MR) is 92.2 cm³/mol. The number of carbonyl (C=O) groups is 2. The van der Waals surface area contributed by atoms with E-state index in [2.05, 4.69) is 5.16 Å². The van der Waals surface area contributed by atoms with E-state index in [9.17, 15) is 9.59 Å². The van der Waals surface area contributed by atoms with Crippen LogP contribution in [0.25, 0.3) is 0 Å². The maximum atomic E-state index is 12.9. The van der Waals surface area contributed by atoms with Gasteiger partial charge in [0.1, 0.15) is 0 Å². The maximum Gasteiger partial charge on any atom is 0.335 e. The van der Waals surface area contributed by atoms with Gasteiger partial charge in [0, 0.05) is 18.5 Å². The van der Waals surface area contributed by atoms with Gasteiger partial charge in [-0.15, -0.1) is 0 Å². The summed E-state index contributed by atoms with van der Waals surface area (Å²) in [4.78, 5) is 30.9. The second-order valence-electron chi connectivity index (χ2n) is 5.53. The Morgan fingerprint density at radius 2 is 1.83 bits per heavy atom. The van der Waals surface area contributed by atoms with Crippen LogP contribution in [0.1, 0.15) is 25.3 Å². The summed E-state index contributed by atoms with van der Waals surface area (Å²) in [6.07, 6.45) is 1.30. The topological polar surface area (TPSA) is 59.0 Å². The van der Waals surface area contributed by atoms with Gasteiger partial charge in [-0.3, -0.25) is 9.69 Å². The highest BCUT2D eigenvalue weighted by atomic mass is 16.7. The van der Waals surface area contributed by atoms with Gasteiger partial charge in [-0.1, -0.05) is 48.5 Å². The molecule has 0 fully saturated rings. The normalized spacial score (nSPS) is 15.3. The SMILES string of the molecule is CCCC(=O)O/N=C1\Cc2ccccc2N(c2ccccc2)C1=O. The Morgan fingerprint density at radius 1 is 1.12 bits per heavy atom. The molecule has 1 aliphatic rings. The second kappa shape index (κ2) is 7.08. The number of anilines is 2. The van der Waals surface area contributed by atoms with Gasteiger partial charge in [0.05, 0.1) is 5.69 Å². The van der Waals surface area contributed by atoms with Crippen LogP contribution in [0.15, 0.2) is 59.8 Å². The first-order valence-corrected chi connectivity index (χ1v) is 7.95. The highest BCUT2D eigenvalue weighted by Gasteiger charge is 2.31. The zero-order valence-corrected chi connectivity index (χ0v) is 13.4. The summed E-state index contributed by atoms with van der Waals surface area (Å²) in [6, 6.07) is 17.0. The Morgan fingerprint density at radius 3 is 2.58 bits per heavy atom. The summed E-state index contributed by atoms with van der Waals surface area (Å²) < 4.78 is 0. The number of hydrogen-bond donors (Lipinski definition) is 0. The lowest BCUT2D eigenvalue weighted by Crippen LogP contribution is -2.38. The number of benzene rings is 2. The standard InChI is InChI=1S/C19H18N2O3/c1-2-8-18(22)24-20-16-13-14-9-6-7-12-17(14)21(19(16)23)15-10-4-3-5-11-15/h3-7,9-12H,2,8,13H2,1H3/b20-16+. The zero-order chi connectivity index (χ0) is 16.9. The minimum Gasteiger partial charge on any atom is -0.318 e. The van der Waals surface area contributed by atoms with Gasteiger partial charge in [-0.2, -0.15) is 0 Å². The molecule has 24 heavy (non-hydrogen) atoms. The van der Waals surface area contributed by atoms with Crippen LogP contribution >= 0.6 is 0 Å². The lowest BCUT2D eigenvalue weighted by atomic mass is 9.99. The molecule has 3 rings (SSSR count). The molecule has 2 aromatic carbocycles. The Kier molecular flexibility index (Phi) is 4.70. The van der Waals surface area contributed by atoms with Crippen molar-refractivity contribution in [3.05, 3.63) is 60.2 Å². The number of oxime groups is 1. The van der Waals surface area contributed by atoms with Crippen molar-refractivity contribution in [3.8, 4) is 0 Å². The average Bonchev–Trinajstić information content (AvgIpc) is 2.61. The Bertz CT molecular complexity index is 784. The van der Waals surface area contributed by atoms with Gasteiger partial charge >= 0.3 is 5.97 Å². The van der Waals surface area contributed by atoms with Crippen molar-refractivity contribution in [2.75, 3.05) is 4.90 Å². The van der Waals surface area contributed by atoms with E-state index >= 15 is 0 Å². The van der Waals surface area contributed by atoms with Crippen LogP contribution in [0.4, 0.5) is 11.4 Å². The van der Waals surface area contributed by atoms with Crippen LogP contribution in [0.2, 0.25) is 0 Å². The molecular formula is C19H18N2O3. The lowest BCUT2D eigenvalue weighted by molar-refractivity contribution is -0.143. The molecule has 0 atom stereocenters. The van der Waals surface area contributed by atoms with E-state index in [1.165, 1.54) is 0 Å². The van der Waals surface area contributed by atoms with Crippen LogP contribution in [-0.2, 0) is 20.8 Å². The van der Waals surface area contributed by atoms with E-state index < -0.39 is 5.97 Å². The van der Waals surface area contributed by atoms with Crippen molar-refractivity contribution in [2.45, 2.75) is 26.2 Å². The van der Waals surface area contributed by atoms with E-state index in [1.807, 2.05) is 61.5 Å². The number of rotatable bonds is 4. The first-order chi connectivity index (χ1) is 11.7. The number of carbonyl (C=O) groups excluding carboxylic acids is 2. The molecule has 1 heterocycles. The molecule has 0 aromatic heterocycles. The molecule has 5 heteroatoms. The van der Waals surface area contributed by atoms with E-state index in [-0.39, 0.29) is 18.0 Å². The molecule has 0 aliphatic carbocycles. The number of nitrogens with zero attached hydrogens (tertiary/aromatic N) is 2. The first-order valence-electron chi connectivity index (χ1n) is 7.95. The molecule has 5 nitrogen and oxygen atoms in total. The van der Waals surface area contributed by atoms with Crippen molar-refractivity contribution < 1.29 is 14.4 Å². The van der Waals surface area contributed by atoms with Crippen molar-refractivity contribution >= 4 is 29.0 Å². The van der Waals surface area contributed by atoms with Crippen molar-refractivity contribution in [3.63, 3.8) is 0 Å². The largest absolute Gasteiger partial charge is 0.335 e. The predicted octanol–water partition coefficient (Wildman–Crippen LogP) is 3.61. The Labute approximate surface area is 140 Å². The van der Waals surface area contributed by atoms with Crippen LogP contribution in [0.3, 0.4) is 0 Å². The summed E-state index contributed by atoms with van der Waals surface area (Å²) in [7, 11) is 0. The number of amides is 1. The number of para-hydroxylation sites is 2. The van der Waals surface area contributed by atoms with Gasteiger partial charge in [0.15, 0.2) is 5.71 Å². The fraction of sp³-hybridized carbons (Fsp3) is 0.211. The molecule has 2 aromatic rings. The quantitative estimate of drug-likeness (QED) is 0.638. The van der Waals surface area contributed by atoms with E-state index in [0.717, 1.165) is 16.9 Å². The Hall–Kier alpha value is -2.95. The lowest BCUT2D eigenvalue weighted by Gasteiger charge is -2.29. The van der Waals surface area contributed by atoms with Crippen molar-refractivity contribution in [1.82, 2.24) is 0 Å². The number of fused-ring (bicyclic) bond motifs is 1. The van der Waals surface area contributed by atoms with Crippen LogP contribution in [-0.4, -0.2) is 17.6 Å². The van der Waals surface area contributed by atoms with E-state index in [1.54, 1.807) is 4.90 Å². The summed E-state index contributed by atoms with van der Waals surface area (Å²) >= 11 is 0. The van der Waals surface area contributed by atoms with E-state index in [4.69, 9.17) is 4.84 Å². The minimum atomic E-state index is -0.428. The molecule has 0 saturated heterocycles. The third kappa shape index (κ3) is 3.20. The molecule has 0 N–H and O–H groups in total.